The van der Waals surface area contributed by atoms with Gasteiger partial charge in [0.15, 0.2) is 0 Å². The third kappa shape index (κ3) is 3.15. The first-order valence-electron chi connectivity index (χ1n) is 6.73. The summed E-state index contributed by atoms with van der Waals surface area (Å²) in [6.07, 6.45) is 3.44. The minimum Gasteiger partial charge on any atom is -0.470 e. The van der Waals surface area contributed by atoms with Crippen LogP contribution in [0.1, 0.15) is 12.1 Å². The average Bonchev–Trinajstić information content (AvgIpc) is 3.19. The molecule has 2 aromatic rings. The van der Waals surface area contributed by atoms with E-state index in [1.807, 2.05) is 23.6 Å². The molecule has 22 heavy (non-hydrogen) atoms. The third-order valence-electron chi connectivity index (χ3n) is 3.23. The van der Waals surface area contributed by atoms with E-state index >= 15 is 0 Å². The molecule has 2 aromatic heterocycles. The van der Waals surface area contributed by atoms with Crippen molar-refractivity contribution in [1.82, 2.24) is 14.9 Å². The third-order valence-corrected chi connectivity index (χ3v) is 4.02. The Morgan fingerprint density at radius 3 is 3.14 bits per heavy atom. The van der Waals surface area contributed by atoms with E-state index in [-0.39, 0.29) is 23.7 Å². The number of carbonyl (C=O) groups excluding carboxylic acids is 1. The first-order valence-corrected chi connectivity index (χ1v) is 7.61. The molecular weight excluding hydrogens is 302 g/mol. The number of carbonyl (C=O) groups is 1. The molecule has 2 amide bonds. The highest BCUT2D eigenvalue weighted by Crippen LogP contribution is 2.20. The van der Waals surface area contributed by atoms with Crippen LogP contribution in [0.5, 0.6) is 5.88 Å². The molecule has 0 aromatic carbocycles. The van der Waals surface area contributed by atoms with Crippen molar-refractivity contribution in [3.05, 3.63) is 35.6 Å². The van der Waals surface area contributed by atoms with Crippen molar-refractivity contribution in [2.24, 2.45) is 0 Å². The summed E-state index contributed by atoms with van der Waals surface area (Å²) in [4.78, 5) is 21.7. The van der Waals surface area contributed by atoms with Gasteiger partial charge >= 0.3 is 6.03 Å². The van der Waals surface area contributed by atoms with Gasteiger partial charge in [0.05, 0.1) is 11.5 Å². The summed E-state index contributed by atoms with van der Waals surface area (Å²) in [5.74, 6) is 0.218. The zero-order valence-corrected chi connectivity index (χ0v) is 12.4. The Morgan fingerprint density at radius 2 is 2.36 bits per heavy atom. The summed E-state index contributed by atoms with van der Waals surface area (Å²) in [5.41, 5.74) is 0.156. The van der Waals surface area contributed by atoms with E-state index < -0.39 is 0 Å². The molecule has 1 fully saturated rings. The average molecular weight is 315 g/mol. The monoisotopic (exact) mass is 315 g/mol. The molecule has 0 saturated carbocycles. The number of aromatic nitrogens is 2. The molecule has 8 heteroatoms. The lowest BCUT2D eigenvalue weighted by atomic mass is 10.3. The number of amides is 2. The van der Waals surface area contributed by atoms with Gasteiger partial charge in [-0.25, -0.2) is 14.8 Å². The van der Waals surface area contributed by atoms with Crippen molar-refractivity contribution < 1.29 is 9.53 Å². The summed E-state index contributed by atoms with van der Waals surface area (Å²) >= 11 is 1.47. The maximum absolute atomic E-state index is 12.1. The molecule has 1 atom stereocenters. The van der Waals surface area contributed by atoms with Gasteiger partial charge in [-0.05, 0) is 17.5 Å². The summed E-state index contributed by atoms with van der Waals surface area (Å²) in [6.45, 7) is 1.06. The summed E-state index contributed by atoms with van der Waals surface area (Å²) in [5, 5.41) is 14.5. The van der Waals surface area contributed by atoms with E-state index in [1.165, 1.54) is 23.7 Å². The van der Waals surface area contributed by atoms with E-state index in [2.05, 4.69) is 15.3 Å². The molecule has 112 valence electrons. The molecule has 0 bridgehead atoms. The van der Waals surface area contributed by atoms with Crippen molar-refractivity contribution in [3.8, 4) is 11.9 Å². The molecule has 1 unspecified atom stereocenters. The van der Waals surface area contributed by atoms with Gasteiger partial charge in [0.25, 0.3) is 5.88 Å². The highest BCUT2D eigenvalue weighted by atomic mass is 32.1. The first kappa shape index (κ1) is 14.3. The number of nitrogens with zero attached hydrogens (tertiary/aromatic N) is 4. The van der Waals surface area contributed by atoms with Crippen LogP contribution in [-0.2, 0) is 0 Å². The van der Waals surface area contributed by atoms with Gasteiger partial charge < -0.3 is 9.64 Å². The van der Waals surface area contributed by atoms with Crippen molar-refractivity contribution in [2.45, 2.75) is 12.5 Å². The number of thiophene rings is 1. The van der Waals surface area contributed by atoms with Crippen LogP contribution in [0.4, 0.5) is 9.80 Å². The molecule has 1 N–H and O–H groups in total. The lowest BCUT2D eigenvalue weighted by Gasteiger charge is -2.17. The number of rotatable bonds is 3. The maximum atomic E-state index is 12.1. The van der Waals surface area contributed by atoms with Crippen molar-refractivity contribution in [2.75, 3.05) is 18.4 Å². The van der Waals surface area contributed by atoms with Crippen LogP contribution in [0.2, 0.25) is 0 Å². The topological polar surface area (TPSA) is 91.1 Å². The molecule has 0 radical (unpaired) electrons. The Balaban J connectivity index is 1.58. The van der Waals surface area contributed by atoms with Crippen LogP contribution in [0.25, 0.3) is 0 Å². The Labute approximate surface area is 131 Å². The lowest BCUT2D eigenvalue weighted by Crippen LogP contribution is -2.34. The molecular formula is C14H13N5O2S. The number of hydrogen-bond donors (Lipinski definition) is 1. The van der Waals surface area contributed by atoms with Crippen LogP contribution in [0.15, 0.2) is 29.9 Å². The fourth-order valence-corrected chi connectivity index (χ4v) is 2.80. The number of urea groups is 1. The summed E-state index contributed by atoms with van der Waals surface area (Å²) < 4.78 is 5.70. The van der Waals surface area contributed by atoms with Crippen LogP contribution in [0, 0.1) is 11.3 Å². The Hall–Kier alpha value is -2.66. The fourth-order valence-electron chi connectivity index (χ4n) is 2.19. The van der Waals surface area contributed by atoms with Crippen molar-refractivity contribution >= 4 is 22.4 Å². The van der Waals surface area contributed by atoms with Gasteiger partial charge in [-0.2, -0.15) is 5.26 Å². The van der Waals surface area contributed by atoms with Gasteiger partial charge in [0, 0.05) is 25.4 Å². The molecule has 7 nitrogen and oxygen atoms in total. The molecule has 1 aliphatic rings. The lowest BCUT2D eigenvalue weighted by molar-refractivity contribution is 0.189. The predicted octanol–water partition coefficient (Wildman–Crippen LogP) is 2.09. The number of nitriles is 1. The van der Waals surface area contributed by atoms with Crippen LogP contribution < -0.4 is 10.1 Å². The number of anilines is 1. The van der Waals surface area contributed by atoms with E-state index in [9.17, 15) is 4.79 Å². The SMILES string of the molecule is N#Cc1nccnc1OC1CCN(C(=O)Nc2cccs2)C1. The molecule has 0 aliphatic carbocycles. The van der Waals surface area contributed by atoms with Crippen molar-refractivity contribution in [3.63, 3.8) is 0 Å². The Bertz CT molecular complexity index is 698. The second kappa shape index (κ2) is 6.41. The molecule has 3 rings (SSSR count). The van der Waals surface area contributed by atoms with Crippen molar-refractivity contribution in [1.29, 1.82) is 5.26 Å². The van der Waals surface area contributed by atoms with Crippen LogP contribution in [0.3, 0.4) is 0 Å². The minimum atomic E-state index is -0.183. The van der Waals surface area contributed by atoms with Gasteiger partial charge in [-0.1, -0.05) is 0 Å². The summed E-state index contributed by atoms with van der Waals surface area (Å²) in [7, 11) is 0. The molecule has 1 aliphatic heterocycles. The van der Waals surface area contributed by atoms with E-state index in [0.29, 0.717) is 19.5 Å². The zero-order chi connectivity index (χ0) is 15.4. The van der Waals surface area contributed by atoms with Gasteiger partial charge in [0.1, 0.15) is 12.2 Å². The second-order valence-corrected chi connectivity index (χ2v) is 5.65. The Kier molecular flexibility index (Phi) is 4.16. The van der Waals surface area contributed by atoms with E-state index in [4.69, 9.17) is 10.00 Å². The number of hydrogen-bond acceptors (Lipinski definition) is 6. The van der Waals surface area contributed by atoms with E-state index in [1.54, 1.807) is 4.90 Å². The maximum Gasteiger partial charge on any atom is 0.322 e. The number of likely N-dealkylation sites (tertiary alicyclic amines) is 1. The number of ether oxygens (including phenoxy) is 1. The standard InChI is InChI=1S/C14H13N5O2S/c15-8-11-13(17-5-4-16-11)21-10-3-6-19(9-10)14(20)18-12-2-1-7-22-12/h1-2,4-5,7,10H,3,6,9H2,(H,18,20). The smallest absolute Gasteiger partial charge is 0.322 e. The van der Waals surface area contributed by atoms with Crippen LogP contribution in [-0.4, -0.2) is 40.1 Å². The predicted molar refractivity (Wildman–Crippen MR) is 80.7 cm³/mol. The van der Waals surface area contributed by atoms with Gasteiger partial charge in [0.2, 0.25) is 5.69 Å². The Morgan fingerprint density at radius 1 is 1.50 bits per heavy atom. The normalized spacial score (nSPS) is 17.0. The number of nitrogens with one attached hydrogen (secondary N) is 1. The van der Waals surface area contributed by atoms with E-state index in [0.717, 1.165) is 5.00 Å². The summed E-state index contributed by atoms with van der Waals surface area (Å²) in [6, 6.07) is 5.53. The first-order chi connectivity index (χ1) is 10.8. The molecule has 1 saturated heterocycles. The van der Waals surface area contributed by atoms with Gasteiger partial charge in [-0.15, -0.1) is 11.3 Å². The highest BCUT2D eigenvalue weighted by molar-refractivity contribution is 7.14. The molecule has 3 heterocycles. The zero-order valence-electron chi connectivity index (χ0n) is 11.6. The molecule has 0 spiro atoms. The quantitative estimate of drug-likeness (QED) is 0.936. The van der Waals surface area contributed by atoms with Crippen LogP contribution >= 0.6 is 11.3 Å². The minimum absolute atomic E-state index is 0.145. The largest absolute Gasteiger partial charge is 0.470 e. The van der Waals surface area contributed by atoms with Gasteiger partial charge in [-0.3, -0.25) is 5.32 Å². The second-order valence-electron chi connectivity index (χ2n) is 4.70. The highest BCUT2D eigenvalue weighted by Gasteiger charge is 2.28. The fraction of sp³-hybridized carbons (Fsp3) is 0.286.